The van der Waals surface area contributed by atoms with Crippen LogP contribution in [0, 0.1) is 11.8 Å². The second-order valence-corrected chi connectivity index (χ2v) is 8.71. The van der Waals surface area contributed by atoms with E-state index in [0.29, 0.717) is 45.1 Å². The highest BCUT2D eigenvalue weighted by atomic mass is 19.1. The van der Waals surface area contributed by atoms with Crippen LogP contribution in [0.5, 0.6) is 0 Å². The number of carbonyl (C=O) groups excluding carboxylic acids is 2. The summed E-state index contributed by atoms with van der Waals surface area (Å²) in [5.74, 6) is -0.700. The number of hydrogen-bond acceptors (Lipinski definition) is 9. The van der Waals surface area contributed by atoms with E-state index in [1.807, 2.05) is 11.0 Å². The van der Waals surface area contributed by atoms with E-state index in [1.54, 1.807) is 17.4 Å². The fourth-order valence-electron chi connectivity index (χ4n) is 4.76. The van der Waals surface area contributed by atoms with Crippen molar-refractivity contribution in [2.45, 2.75) is 18.5 Å². The third kappa shape index (κ3) is 4.04. The van der Waals surface area contributed by atoms with Crippen LogP contribution < -0.4 is 26.7 Å². The van der Waals surface area contributed by atoms with Gasteiger partial charge in [-0.25, -0.2) is 14.8 Å². The number of alkyl halides is 1. The highest BCUT2D eigenvalue weighted by molar-refractivity contribution is 5.96. The number of nitrogens with zero attached hydrogens (tertiary/aromatic N) is 4. The molecule has 0 aromatic carbocycles. The summed E-state index contributed by atoms with van der Waals surface area (Å²) in [5, 5.41) is 7.70. The predicted octanol–water partition coefficient (Wildman–Crippen LogP) is -1.70. The van der Waals surface area contributed by atoms with E-state index in [0.717, 1.165) is 5.69 Å². The minimum atomic E-state index is -1.01. The highest BCUT2D eigenvalue weighted by Gasteiger charge is 2.47. The first-order chi connectivity index (χ1) is 15.5. The number of hydrazine groups is 1. The van der Waals surface area contributed by atoms with Crippen LogP contribution in [-0.4, -0.2) is 97.7 Å². The predicted molar refractivity (Wildman–Crippen MR) is 114 cm³/mol. The second kappa shape index (κ2) is 8.87. The molecular weight excluding hydrogens is 419 g/mol. The van der Waals surface area contributed by atoms with Gasteiger partial charge in [-0.1, -0.05) is 0 Å². The number of rotatable bonds is 4. The molecule has 1 aromatic heterocycles. The van der Waals surface area contributed by atoms with Crippen LogP contribution in [0.25, 0.3) is 0 Å². The van der Waals surface area contributed by atoms with Crippen molar-refractivity contribution in [1.29, 1.82) is 0 Å². The van der Waals surface area contributed by atoms with Gasteiger partial charge < -0.3 is 25.6 Å². The molecule has 0 aliphatic carbocycles. The van der Waals surface area contributed by atoms with Gasteiger partial charge in [0.25, 0.3) is 0 Å². The van der Waals surface area contributed by atoms with Crippen LogP contribution in [0.15, 0.2) is 18.5 Å². The Morgan fingerprint density at radius 3 is 2.75 bits per heavy atom. The van der Waals surface area contributed by atoms with Gasteiger partial charge in [0.05, 0.1) is 55.0 Å². The van der Waals surface area contributed by atoms with Crippen molar-refractivity contribution < 1.29 is 18.7 Å². The van der Waals surface area contributed by atoms with Gasteiger partial charge in [-0.3, -0.25) is 19.9 Å². The summed E-state index contributed by atoms with van der Waals surface area (Å²) in [4.78, 5) is 33.8. The minimum Gasteiger partial charge on any atom is -0.380 e. The molecule has 4 unspecified atom stereocenters. The number of aromatic nitrogens is 1. The Morgan fingerprint density at radius 2 is 2.03 bits per heavy atom. The summed E-state index contributed by atoms with van der Waals surface area (Å²) in [6, 6.07) is 1.86. The maximum absolute atomic E-state index is 13.7. The molecule has 4 aliphatic heterocycles. The first kappa shape index (κ1) is 21.5. The molecule has 4 atom stereocenters. The molecule has 4 fully saturated rings. The molecular formula is C20H29FN8O3. The van der Waals surface area contributed by atoms with Gasteiger partial charge >= 0.3 is 0 Å². The summed E-state index contributed by atoms with van der Waals surface area (Å²) in [7, 11) is 0. The molecule has 0 bridgehead atoms. The highest BCUT2D eigenvalue weighted by Crippen LogP contribution is 2.29. The molecule has 4 aliphatic rings. The first-order valence-electron chi connectivity index (χ1n) is 11.0. The molecule has 5 rings (SSSR count). The van der Waals surface area contributed by atoms with Gasteiger partial charge in [-0.2, -0.15) is 0 Å². The maximum Gasteiger partial charge on any atom is 0.233 e. The number of halogens is 1. The molecule has 1 aromatic rings. The number of amides is 2. The van der Waals surface area contributed by atoms with E-state index in [1.165, 1.54) is 0 Å². The molecule has 32 heavy (non-hydrogen) atoms. The number of nitrogens with two attached hydrogens (primary N) is 1. The molecule has 12 heteroatoms. The van der Waals surface area contributed by atoms with Crippen molar-refractivity contribution in [1.82, 2.24) is 25.6 Å². The van der Waals surface area contributed by atoms with Crippen molar-refractivity contribution in [3.8, 4) is 0 Å². The number of carbonyl (C=O) groups is 2. The molecule has 0 radical (unpaired) electrons. The Bertz CT molecular complexity index is 863. The maximum atomic E-state index is 13.7. The van der Waals surface area contributed by atoms with E-state index in [2.05, 4.69) is 25.9 Å². The van der Waals surface area contributed by atoms with Crippen molar-refractivity contribution in [2.24, 2.45) is 17.6 Å². The monoisotopic (exact) mass is 448 g/mol. The number of ether oxygens (including phenoxy) is 1. The van der Waals surface area contributed by atoms with E-state index < -0.39 is 18.3 Å². The number of anilines is 2. The lowest BCUT2D eigenvalue weighted by Crippen LogP contribution is -2.58. The van der Waals surface area contributed by atoms with Crippen molar-refractivity contribution in [3.63, 3.8) is 0 Å². The second-order valence-electron chi connectivity index (χ2n) is 8.71. The Labute approximate surface area is 185 Å². The van der Waals surface area contributed by atoms with Gasteiger partial charge in [-0.05, 0) is 6.07 Å². The van der Waals surface area contributed by atoms with Crippen LogP contribution in [0.4, 0.5) is 15.8 Å². The largest absolute Gasteiger partial charge is 0.380 e. The topological polar surface area (TPSA) is 128 Å². The van der Waals surface area contributed by atoms with E-state index in [9.17, 15) is 14.0 Å². The summed E-state index contributed by atoms with van der Waals surface area (Å²) >= 11 is 0. The molecule has 5 N–H and O–H groups in total. The zero-order chi connectivity index (χ0) is 22.2. The summed E-state index contributed by atoms with van der Waals surface area (Å²) in [6.07, 6.45) is 1.29. The van der Waals surface area contributed by atoms with Crippen LogP contribution >= 0.6 is 0 Å². The molecule has 174 valence electrons. The van der Waals surface area contributed by atoms with Crippen molar-refractivity contribution in [3.05, 3.63) is 18.5 Å². The first-order valence-corrected chi connectivity index (χ1v) is 11.0. The fourth-order valence-corrected chi connectivity index (χ4v) is 4.76. The Hall–Kier alpha value is -2.38. The standard InChI is InChI=1S/C20H29FN8O3/c21-13-7-24-18-16(17(22)26-29(18)9-13)19(30)25-14-8-23-2-1-15(14)27-3-5-28(6-4-27)20(31)12-10-32-11-12/h1-2,8,12-13,16-18,24,26H,3-7,9-11,22H2,(H,25,30). The number of piperazine rings is 1. The smallest absolute Gasteiger partial charge is 0.233 e. The van der Waals surface area contributed by atoms with E-state index >= 15 is 0 Å². The van der Waals surface area contributed by atoms with Crippen LogP contribution in [0.1, 0.15) is 0 Å². The van der Waals surface area contributed by atoms with E-state index in [4.69, 9.17) is 10.5 Å². The minimum absolute atomic E-state index is 0.0119. The third-order valence-corrected chi connectivity index (χ3v) is 6.60. The Kier molecular flexibility index (Phi) is 5.95. The molecule has 0 saturated carbocycles. The molecule has 0 spiro atoms. The van der Waals surface area contributed by atoms with Gasteiger partial charge in [-0.15, -0.1) is 0 Å². The number of hydrogen-bond donors (Lipinski definition) is 4. The van der Waals surface area contributed by atoms with E-state index in [-0.39, 0.29) is 37.0 Å². The molecule has 11 nitrogen and oxygen atoms in total. The number of fused-ring (bicyclic) bond motifs is 1. The lowest BCUT2D eigenvalue weighted by molar-refractivity contribution is -0.150. The van der Waals surface area contributed by atoms with Gasteiger partial charge in [0.15, 0.2) is 0 Å². The normalized spacial score (nSPS) is 31.2. The molecule has 5 heterocycles. The lowest BCUT2D eigenvalue weighted by Gasteiger charge is -2.39. The Balaban J connectivity index is 1.24. The number of pyridine rings is 1. The Morgan fingerprint density at radius 1 is 1.25 bits per heavy atom. The molecule has 2 amide bonds. The van der Waals surface area contributed by atoms with Crippen LogP contribution in [0.3, 0.4) is 0 Å². The summed E-state index contributed by atoms with van der Waals surface area (Å²) in [6.45, 7) is 3.95. The zero-order valence-electron chi connectivity index (χ0n) is 17.7. The number of nitrogens with one attached hydrogen (secondary N) is 3. The van der Waals surface area contributed by atoms with Gasteiger partial charge in [0, 0.05) is 45.5 Å². The molecule has 4 saturated heterocycles. The van der Waals surface area contributed by atoms with Crippen LogP contribution in [0.2, 0.25) is 0 Å². The van der Waals surface area contributed by atoms with Gasteiger partial charge in [0.2, 0.25) is 11.8 Å². The van der Waals surface area contributed by atoms with Crippen molar-refractivity contribution >= 4 is 23.2 Å². The zero-order valence-corrected chi connectivity index (χ0v) is 17.7. The van der Waals surface area contributed by atoms with Gasteiger partial charge in [0.1, 0.15) is 6.17 Å². The third-order valence-electron chi connectivity index (χ3n) is 6.60. The SMILES string of the molecule is NC1NN2CC(F)CNC2C1C(=O)Nc1cnccc1N1CCN(C(=O)C2COC2)CC1. The van der Waals surface area contributed by atoms with Crippen LogP contribution in [-0.2, 0) is 14.3 Å². The van der Waals surface area contributed by atoms with Crippen molar-refractivity contribution in [2.75, 3.05) is 62.7 Å². The fraction of sp³-hybridized carbons (Fsp3) is 0.650. The average molecular weight is 449 g/mol. The lowest BCUT2D eigenvalue weighted by atomic mass is 10.0. The summed E-state index contributed by atoms with van der Waals surface area (Å²) < 4.78 is 18.8. The quantitative estimate of drug-likeness (QED) is 0.426. The average Bonchev–Trinajstić information content (AvgIpc) is 3.08. The summed E-state index contributed by atoms with van der Waals surface area (Å²) in [5.41, 5.74) is 10.6.